The molecule has 0 saturated carbocycles. The fourth-order valence-electron chi connectivity index (χ4n) is 3.28. The van der Waals surface area contributed by atoms with Crippen molar-refractivity contribution < 1.29 is 4.79 Å². The zero-order valence-electron chi connectivity index (χ0n) is 18.0. The molecule has 0 radical (unpaired) electrons. The van der Waals surface area contributed by atoms with Crippen molar-refractivity contribution in [1.82, 2.24) is 24.5 Å². The van der Waals surface area contributed by atoms with Crippen molar-refractivity contribution in [1.29, 1.82) is 0 Å². The van der Waals surface area contributed by atoms with Crippen LogP contribution in [0.25, 0.3) is 17.1 Å². The predicted octanol–water partition coefficient (Wildman–Crippen LogP) is 5.40. The summed E-state index contributed by atoms with van der Waals surface area (Å²) in [5.74, 6) is 1.42. The van der Waals surface area contributed by atoms with Gasteiger partial charge in [-0.15, -0.1) is 10.2 Å². The normalized spacial score (nSPS) is 11.2. The number of rotatable bonds is 7. The van der Waals surface area contributed by atoms with Gasteiger partial charge in [-0.05, 0) is 62.7 Å². The lowest BCUT2D eigenvalue weighted by Gasteiger charge is -2.12. The molecule has 4 rings (SSSR count). The van der Waals surface area contributed by atoms with E-state index in [0.717, 1.165) is 16.8 Å². The van der Waals surface area contributed by atoms with E-state index in [2.05, 4.69) is 26.7 Å². The fraction of sp³-hybridized carbons (Fsp3) is 0.217. The van der Waals surface area contributed by atoms with E-state index < -0.39 is 0 Å². The molecule has 1 amide bonds. The summed E-state index contributed by atoms with van der Waals surface area (Å²) in [5, 5.41) is 17.3. The number of thioether (sulfide) groups is 1. The number of carbonyl (C=O) groups is 1. The third-order valence-electron chi connectivity index (χ3n) is 4.75. The van der Waals surface area contributed by atoms with Gasteiger partial charge in [0.05, 0.1) is 11.9 Å². The molecule has 0 unspecified atom stereocenters. The lowest BCUT2D eigenvalue weighted by molar-refractivity contribution is -0.113. The zero-order chi connectivity index (χ0) is 22.7. The minimum atomic E-state index is -0.135. The van der Waals surface area contributed by atoms with Gasteiger partial charge in [-0.3, -0.25) is 9.36 Å². The summed E-state index contributed by atoms with van der Waals surface area (Å²) < 4.78 is 3.74. The SMILES string of the molecule is Cc1cccc(-n2c(SCC(=O)Nc3ccnn3C(C)C)nnc2-c2ccc(Cl)cc2)c1. The van der Waals surface area contributed by atoms with Crippen LogP contribution in [0, 0.1) is 6.92 Å². The summed E-state index contributed by atoms with van der Waals surface area (Å²) in [6.45, 7) is 6.06. The highest BCUT2D eigenvalue weighted by molar-refractivity contribution is 7.99. The van der Waals surface area contributed by atoms with E-state index in [1.807, 2.05) is 67.8 Å². The van der Waals surface area contributed by atoms with Gasteiger partial charge in [0.15, 0.2) is 11.0 Å². The van der Waals surface area contributed by atoms with Gasteiger partial charge in [0.2, 0.25) is 5.91 Å². The van der Waals surface area contributed by atoms with Gasteiger partial charge in [-0.2, -0.15) is 5.10 Å². The first-order valence-electron chi connectivity index (χ1n) is 10.2. The molecular weight excluding hydrogens is 444 g/mol. The number of halogens is 1. The van der Waals surface area contributed by atoms with E-state index >= 15 is 0 Å². The van der Waals surface area contributed by atoms with E-state index in [1.165, 1.54) is 11.8 Å². The van der Waals surface area contributed by atoms with E-state index in [4.69, 9.17) is 11.6 Å². The number of aromatic nitrogens is 5. The van der Waals surface area contributed by atoms with E-state index in [9.17, 15) is 4.79 Å². The maximum absolute atomic E-state index is 12.6. The summed E-state index contributed by atoms with van der Waals surface area (Å²) in [6.07, 6.45) is 1.68. The highest BCUT2D eigenvalue weighted by atomic mass is 35.5. The van der Waals surface area contributed by atoms with E-state index in [0.29, 0.717) is 21.8 Å². The predicted molar refractivity (Wildman–Crippen MR) is 129 cm³/mol. The number of benzene rings is 2. The Kier molecular flexibility index (Phi) is 6.62. The molecule has 1 N–H and O–H groups in total. The Morgan fingerprint density at radius 3 is 2.62 bits per heavy atom. The highest BCUT2D eigenvalue weighted by Gasteiger charge is 2.18. The monoisotopic (exact) mass is 466 g/mol. The quantitative estimate of drug-likeness (QED) is 0.369. The minimum absolute atomic E-state index is 0.135. The Hall–Kier alpha value is -3.10. The average Bonchev–Trinajstić information content (AvgIpc) is 3.40. The van der Waals surface area contributed by atoms with Crippen molar-refractivity contribution in [3.05, 3.63) is 71.4 Å². The minimum Gasteiger partial charge on any atom is -0.310 e. The van der Waals surface area contributed by atoms with Gasteiger partial charge >= 0.3 is 0 Å². The first-order valence-corrected chi connectivity index (χ1v) is 11.5. The van der Waals surface area contributed by atoms with E-state index in [1.54, 1.807) is 16.9 Å². The number of nitrogens with one attached hydrogen (secondary N) is 1. The second-order valence-corrected chi connectivity index (χ2v) is 8.96. The van der Waals surface area contributed by atoms with Crippen LogP contribution in [0.15, 0.2) is 66.0 Å². The van der Waals surface area contributed by atoms with Crippen molar-refractivity contribution in [3.8, 4) is 17.1 Å². The van der Waals surface area contributed by atoms with Crippen molar-refractivity contribution in [2.24, 2.45) is 0 Å². The Morgan fingerprint density at radius 2 is 1.91 bits per heavy atom. The van der Waals surface area contributed by atoms with Crippen LogP contribution in [0.1, 0.15) is 25.5 Å². The van der Waals surface area contributed by atoms with E-state index in [-0.39, 0.29) is 17.7 Å². The molecule has 0 saturated heterocycles. The molecule has 0 atom stereocenters. The van der Waals surface area contributed by atoms with Gasteiger partial charge in [0.1, 0.15) is 5.82 Å². The zero-order valence-corrected chi connectivity index (χ0v) is 19.6. The first kappa shape index (κ1) is 22.1. The maximum Gasteiger partial charge on any atom is 0.235 e. The highest BCUT2D eigenvalue weighted by Crippen LogP contribution is 2.29. The number of carbonyl (C=O) groups excluding carboxylic acids is 1. The summed E-state index contributed by atoms with van der Waals surface area (Å²) in [7, 11) is 0. The molecule has 0 fully saturated rings. The molecule has 9 heteroatoms. The van der Waals surface area contributed by atoms with Crippen molar-refractivity contribution in [2.45, 2.75) is 32.0 Å². The average molecular weight is 467 g/mol. The summed E-state index contributed by atoms with van der Waals surface area (Å²) in [6, 6.07) is 17.5. The lowest BCUT2D eigenvalue weighted by Crippen LogP contribution is -2.18. The third-order valence-corrected chi connectivity index (χ3v) is 5.94. The fourth-order valence-corrected chi connectivity index (χ4v) is 4.16. The number of nitrogens with zero attached hydrogens (tertiary/aromatic N) is 5. The first-order chi connectivity index (χ1) is 15.4. The molecule has 0 bridgehead atoms. The Balaban J connectivity index is 1.60. The van der Waals surface area contributed by atoms with Crippen LogP contribution in [-0.2, 0) is 4.79 Å². The number of hydrogen-bond acceptors (Lipinski definition) is 5. The number of anilines is 1. The molecule has 0 aliphatic heterocycles. The third kappa shape index (κ3) is 4.87. The topological polar surface area (TPSA) is 77.6 Å². The van der Waals surface area contributed by atoms with Gasteiger partial charge < -0.3 is 5.32 Å². The van der Waals surface area contributed by atoms with Crippen LogP contribution < -0.4 is 5.32 Å². The molecule has 4 aromatic rings. The molecule has 32 heavy (non-hydrogen) atoms. The number of aryl methyl sites for hydroxylation is 1. The summed E-state index contributed by atoms with van der Waals surface area (Å²) in [4.78, 5) is 12.6. The molecule has 7 nitrogen and oxygen atoms in total. The van der Waals surface area contributed by atoms with Gasteiger partial charge in [0.25, 0.3) is 0 Å². The lowest BCUT2D eigenvalue weighted by atomic mass is 10.2. The Labute approximate surface area is 195 Å². The summed E-state index contributed by atoms with van der Waals surface area (Å²) in [5.41, 5.74) is 2.94. The molecule has 0 aliphatic rings. The van der Waals surface area contributed by atoms with Crippen molar-refractivity contribution >= 4 is 35.1 Å². The van der Waals surface area contributed by atoms with Crippen LogP contribution in [0.4, 0.5) is 5.82 Å². The van der Waals surface area contributed by atoms with Gasteiger partial charge in [-0.25, -0.2) is 4.68 Å². The van der Waals surface area contributed by atoms with Crippen molar-refractivity contribution in [2.75, 3.05) is 11.1 Å². The molecule has 0 aliphatic carbocycles. The molecule has 2 aromatic heterocycles. The largest absolute Gasteiger partial charge is 0.310 e. The van der Waals surface area contributed by atoms with Gasteiger partial charge in [0, 0.05) is 28.4 Å². The standard InChI is InChI=1S/C23H23ClN6OS/c1-15(2)30-20(11-12-25-30)26-21(31)14-32-23-28-27-22(17-7-9-18(24)10-8-17)29(23)19-6-4-5-16(3)13-19/h4-13,15H,14H2,1-3H3,(H,26,31). The summed E-state index contributed by atoms with van der Waals surface area (Å²) >= 11 is 7.39. The molecule has 2 aromatic carbocycles. The Morgan fingerprint density at radius 1 is 1.12 bits per heavy atom. The molecule has 164 valence electrons. The maximum atomic E-state index is 12.6. The molecule has 0 spiro atoms. The number of hydrogen-bond donors (Lipinski definition) is 1. The number of amides is 1. The van der Waals surface area contributed by atoms with Crippen LogP contribution >= 0.6 is 23.4 Å². The van der Waals surface area contributed by atoms with Crippen LogP contribution in [-0.4, -0.2) is 36.2 Å². The van der Waals surface area contributed by atoms with Crippen LogP contribution in [0.2, 0.25) is 5.02 Å². The van der Waals surface area contributed by atoms with Gasteiger partial charge in [-0.1, -0.05) is 35.5 Å². The van der Waals surface area contributed by atoms with Crippen LogP contribution in [0.5, 0.6) is 0 Å². The molecular formula is C23H23ClN6OS. The van der Waals surface area contributed by atoms with Crippen molar-refractivity contribution in [3.63, 3.8) is 0 Å². The smallest absolute Gasteiger partial charge is 0.235 e. The Bertz CT molecular complexity index is 1230. The van der Waals surface area contributed by atoms with Crippen LogP contribution in [0.3, 0.4) is 0 Å². The molecule has 2 heterocycles. The second-order valence-electron chi connectivity index (χ2n) is 7.58. The second kappa shape index (κ2) is 9.58.